The van der Waals surface area contributed by atoms with Crippen LogP contribution in [0, 0.1) is 5.92 Å². The molecule has 0 aromatic heterocycles. The molecular formula is C17H24N2S. The first-order valence-electron chi connectivity index (χ1n) is 7.83. The lowest BCUT2D eigenvalue weighted by atomic mass is 9.69. The van der Waals surface area contributed by atoms with Gasteiger partial charge in [-0.2, -0.15) is 11.8 Å². The average Bonchev–Trinajstić information content (AvgIpc) is 2.86. The van der Waals surface area contributed by atoms with Gasteiger partial charge >= 0.3 is 0 Å². The number of nitrogens with one attached hydrogen (secondary N) is 1. The van der Waals surface area contributed by atoms with Gasteiger partial charge in [0.1, 0.15) is 0 Å². The molecule has 1 aliphatic carbocycles. The Morgan fingerprint density at radius 1 is 1.35 bits per heavy atom. The summed E-state index contributed by atoms with van der Waals surface area (Å²) in [6.07, 6.45) is 4.98. The van der Waals surface area contributed by atoms with Gasteiger partial charge in [-0.05, 0) is 55.0 Å². The maximum absolute atomic E-state index is 3.62. The molecule has 20 heavy (non-hydrogen) atoms. The SMILES string of the molecule is CSCC1C[C@@H]2c3cccc4c3C(CN4)C[C@H]2N(C)C1. The van der Waals surface area contributed by atoms with Crippen molar-refractivity contribution in [3.8, 4) is 0 Å². The molecule has 3 heteroatoms. The molecule has 1 N–H and O–H groups in total. The van der Waals surface area contributed by atoms with E-state index in [-0.39, 0.29) is 0 Å². The molecule has 1 fully saturated rings. The van der Waals surface area contributed by atoms with Crippen LogP contribution in [0.4, 0.5) is 5.69 Å². The zero-order valence-corrected chi connectivity index (χ0v) is 13.2. The summed E-state index contributed by atoms with van der Waals surface area (Å²) in [4.78, 5) is 2.66. The molecule has 2 aliphatic heterocycles. The van der Waals surface area contributed by atoms with Crippen molar-refractivity contribution in [2.24, 2.45) is 5.92 Å². The molecule has 4 atom stereocenters. The molecule has 1 saturated heterocycles. The Morgan fingerprint density at radius 3 is 3.10 bits per heavy atom. The predicted octanol–water partition coefficient (Wildman–Crippen LogP) is 3.37. The summed E-state index contributed by atoms with van der Waals surface area (Å²) in [5, 5.41) is 3.62. The first-order valence-corrected chi connectivity index (χ1v) is 9.23. The molecule has 1 aromatic carbocycles. The summed E-state index contributed by atoms with van der Waals surface area (Å²) in [6, 6.07) is 7.70. The molecule has 0 radical (unpaired) electrons. The van der Waals surface area contributed by atoms with Crippen LogP contribution in [0.3, 0.4) is 0 Å². The third kappa shape index (κ3) is 1.90. The highest BCUT2D eigenvalue weighted by Crippen LogP contribution is 2.50. The van der Waals surface area contributed by atoms with Crippen LogP contribution in [0.2, 0.25) is 0 Å². The summed E-state index contributed by atoms with van der Waals surface area (Å²) in [5.74, 6) is 3.68. The minimum absolute atomic E-state index is 0.752. The summed E-state index contributed by atoms with van der Waals surface area (Å²) in [5.41, 5.74) is 4.74. The van der Waals surface area contributed by atoms with Crippen LogP contribution in [-0.2, 0) is 0 Å². The van der Waals surface area contributed by atoms with Crippen molar-refractivity contribution in [3.05, 3.63) is 29.3 Å². The minimum atomic E-state index is 0.752. The molecule has 0 spiro atoms. The molecule has 108 valence electrons. The van der Waals surface area contributed by atoms with Gasteiger partial charge in [-0.1, -0.05) is 12.1 Å². The predicted molar refractivity (Wildman–Crippen MR) is 87.9 cm³/mol. The van der Waals surface area contributed by atoms with Gasteiger partial charge in [0.15, 0.2) is 0 Å². The van der Waals surface area contributed by atoms with E-state index in [0.717, 1.165) is 30.3 Å². The molecule has 1 aromatic rings. The van der Waals surface area contributed by atoms with Crippen LogP contribution in [0.5, 0.6) is 0 Å². The number of piperidine rings is 1. The largest absolute Gasteiger partial charge is 0.384 e. The van der Waals surface area contributed by atoms with Gasteiger partial charge in [0.05, 0.1) is 0 Å². The second kappa shape index (κ2) is 4.96. The fourth-order valence-electron chi connectivity index (χ4n) is 4.82. The monoisotopic (exact) mass is 288 g/mol. The summed E-state index contributed by atoms with van der Waals surface area (Å²) >= 11 is 2.01. The maximum Gasteiger partial charge on any atom is 0.0379 e. The topological polar surface area (TPSA) is 15.3 Å². The number of hydrogen-bond acceptors (Lipinski definition) is 3. The highest BCUT2D eigenvalue weighted by Gasteiger charge is 2.43. The van der Waals surface area contributed by atoms with E-state index < -0.39 is 0 Å². The summed E-state index contributed by atoms with van der Waals surface area (Å²) < 4.78 is 0. The second-order valence-corrected chi connectivity index (χ2v) is 7.70. The van der Waals surface area contributed by atoms with Crippen LogP contribution >= 0.6 is 11.8 Å². The Hall–Kier alpha value is -0.670. The molecule has 2 heterocycles. The lowest BCUT2D eigenvalue weighted by Gasteiger charge is -2.47. The van der Waals surface area contributed by atoms with E-state index in [1.807, 2.05) is 11.8 Å². The summed E-state index contributed by atoms with van der Waals surface area (Å²) in [7, 11) is 2.35. The lowest BCUT2D eigenvalue weighted by Crippen LogP contribution is -2.48. The van der Waals surface area contributed by atoms with E-state index in [2.05, 4.69) is 41.7 Å². The highest BCUT2D eigenvalue weighted by atomic mass is 32.2. The number of thioether (sulfide) groups is 1. The van der Waals surface area contributed by atoms with E-state index >= 15 is 0 Å². The second-order valence-electron chi connectivity index (χ2n) is 6.79. The van der Waals surface area contributed by atoms with Crippen molar-refractivity contribution in [3.63, 3.8) is 0 Å². The standard InChI is InChI=1S/C17H24N2S/c1-19-9-11(10-20-2)6-14-13-4-3-5-15-17(13)12(8-18-15)7-16(14)19/h3-5,11-12,14,16,18H,6-10H2,1-2H3/t11?,12?,14-,16-/m1/s1. The first kappa shape index (κ1) is 13.0. The number of rotatable bonds is 2. The number of anilines is 1. The molecule has 2 nitrogen and oxygen atoms in total. The fraction of sp³-hybridized carbons (Fsp3) is 0.647. The van der Waals surface area contributed by atoms with Crippen molar-refractivity contribution >= 4 is 17.4 Å². The van der Waals surface area contributed by atoms with E-state index in [1.54, 1.807) is 11.1 Å². The van der Waals surface area contributed by atoms with Gasteiger partial charge in [-0.15, -0.1) is 0 Å². The summed E-state index contributed by atoms with van der Waals surface area (Å²) in [6.45, 7) is 2.44. The molecule has 0 amide bonds. The van der Waals surface area contributed by atoms with Gasteiger partial charge in [0.2, 0.25) is 0 Å². The number of benzene rings is 1. The van der Waals surface area contributed by atoms with E-state index in [1.165, 1.54) is 30.8 Å². The smallest absolute Gasteiger partial charge is 0.0379 e. The Balaban J connectivity index is 1.72. The molecule has 3 aliphatic rings. The van der Waals surface area contributed by atoms with E-state index in [9.17, 15) is 0 Å². The van der Waals surface area contributed by atoms with Crippen molar-refractivity contribution in [1.29, 1.82) is 0 Å². The molecule has 0 saturated carbocycles. The Morgan fingerprint density at radius 2 is 2.25 bits per heavy atom. The third-order valence-electron chi connectivity index (χ3n) is 5.58. The van der Waals surface area contributed by atoms with Crippen molar-refractivity contribution in [1.82, 2.24) is 4.90 Å². The Labute approximate surface area is 126 Å². The quantitative estimate of drug-likeness (QED) is 0.898. The maximum atomic E-state index is 3.62. The van der Waals surface area contributed by atoms with E-state index in [0.29, 0.717) is 0 Å². The third-order valence-corrected chi connectivity index (χ3v) is 6.38. The van der Waals surface area contributed by atoms with Gasteiger partial charge in [-0.3, -0.25) is 0 Å². The number of likely N-dealkylation sites (tertiary alicyclic amines) is 1. The van der Waals surface area contributed by atoms with Crippen LogP contribution in [0.15, 0.2) is 18.2 Å². The van der Waals surface area contributed by atoms with Gasteiger partial charge < -0.3 is 10.2 Å². The van der Waals surface area contributed by atoms with Gasteiger partial charge in [-0.25, -0.2) is 0 Å². The zero-order valence-electron chi connectivity index (χ0n) is 12.4. The normalized spacial score (nSPS) is 35.3. The molecule has 0 bridgehead atoms. The van der Waals surface area contributed by atoms with Crippen LogP contribution in [-0.4, -0.2) is 43.1 Å². The average molecular weight is 288 g/mol. The fourth-order valence-corrected chi connectivity index (χ4v) is 5.53. The first-order chi connectivity index (χ1) is 9.78. The minimum Gasteiger partial charge on any atom is -0.384 e. The van der Waals surface area contributed by atoms with Crippen molar-refractivity contribution < 1.29 is 0 Å². The zero-order chi connectivity index (χ0) is 13.7. The van der Waals surface area contributed by atoms with Gasteiger partial charge in [0.25, 0.3) is 0 Å². The molecule has 4 rings (SSSR count). The van der Waals surface area contributed by atoms with Crippen LogP contribution < -0.4 is 5.32 Å². The Bertz CT molecular complexity index is 516. The van der Waals surface area contributed by atoms with Crippen LogP contribution in [0.1, 0.15) is 35.8 Å². The number of hydrogen-bond donors (Lipinski definition) is 1. The number of likely N-dealkylation sites (N-methyl/N-ethyl adjacent to an activating group) is 1. The number of nitrogens with zero attached hydrogens (tertiary/aromatic N) is 1. The highest BCUT2D eigenvalue weighted by molar-refractivity contribution is 7.98. The lowest BCUT2D eigenvalue weighted by molar-refractivity contribution is 0.104. The van der Waals surface area contributed by atoms with Gasteiger partial charge in [0, 0.05) is 36.7 Å². The number of fused-ring (bicyclic) bond motifs is 2. The van der Waals surface area contributed by atoms with E-state index in [4.69, 9.17) is 0 Å². The van der Waals surface area contributed by atoms with Crippen LogP contribution in [0.25, 0.3) is 0 Å². The molecule has 2 unspecified atom stereocenters. The molecular weight excluding hydrogens is 264 g/mol. The van der Waals surface area contributed by atoms with Crippen molar-refractivity contribution in [2.45, 2.75) is 30.7 Å². The van der Waals surface area contributed by atoms with Crippen molar-refractivity contribution in [2.75, 3.05) is 37.5 Å². The Kier molecular flexibility index (Phi) is 3.23.